The molecule has 1 saturated carbocycles. The van der Waals surface area contributed by atoms with Gasteiger partial charge in [-0.05, 0) is 38.8 Å². The zero-order chi connectivity index (χ0) is 19.3. The van der Waals surface area contributed by atoms with Crippen molar-refractivity contribution in [1.82, 2.24) is 19.9 Å². The molecule has 4 rings (SSSR count). The summed E-state index contributed by atoms with van der Waals surface area (Å²) in [5.41, 5.74) is 0.965. The lowest BCUT2D eigenvalue weighted by Crippen LogP contribution is -2.45. The van der Waals surface area contributed by atoms with Gasteiger partial charge in [-0.2, -0.15) is 4.98 Å². The maximum atomic E-state index is 12.9. The lowest BCUT2D eigenvalue weighted by atomic mass is 9.91. The van der Waals surface area contributed by atoms with Crippen molar-refractivity contribution in [2.75, 3.05) is 20.1 Å². The molecule has 1 aromatic heterocycles. The topological polar surface area (TPSA) is 62.5 Å². The van der Waals surface area contributed by atoms with Crippen molar-refractivity contribution in [3.05, 3.63) is 36.2 Å². The molecule has 0 spiro atoms. The first-order chi connectivity index (χ1) is 13.7. The van der Waals surface area contributed by atoms with Crippen molar-refractivity contribution in [2.45, 2.75) is 57.5 Å². The van der Waals surface area contributed by atoms with E-state index in [0.717, 1.165) is 31.5 Å². The minimum atomic E-state index is 0.158. The molecule has 0 bridgehead atoms. The average Bonchev–Trinajstić information content (AvgIpc) is 3.23. The Hall–Kier alpha value is -2.21. The van der Waals surface area contributed by atoms with E-state index in [0.29, 0.717) is 30.2 Å². The van der Waals surface area contributed by atoms with E-state index in [2.05, 4.69) is 15.0 Å². The van der Waals surface area contributed by atoms with Crippen LogP contribution in [0.1, 0.15) is 50.8 Å². The van der Waals surface area contributed by atoms with Gasteiger partial charge in [0.15, 0.2) is 0 Å². The van der Waals surface area contributed by atoms with Gasteiger partial charge in [-0.25, -0.2) is 0 Å². The zero-order valence-corrected chi connectivity index (χ0v) is 16.7. The molecule has 1 amide bonds. The minimum Gasteiger partial charge on any atom is -0.343 e. The molecule has 1 saturated heterocycles. The van der Waals surface area contributed by atoms with Crippen LogP contribution in [-0.4, -0.2) is 52.0 Å². The van der Waals surface area contributed by atoms with E-state index in [1.54, 1.807) is 0 Å². The number of nitrogens with zero attached hydrogens (tertiary/aromatic N) is 4. The van der Waals surface area contributed by atoms with Crippen molar-refractivity contribution in [2.24, 2.45) is 5.92 Å². The molecule has 6 nitrogen and oxygen atoms in total. The summed E-state index contributed by atoms with van der Waals surface area (Å²) in [6.07, 6.45) is 8.00. The summed E-state index contributed by atoms with van der Waals surface area (Å²) < 4.78 is 5.44. The first-order valence-electron chi connectivity index (χ1n) is 10.6. The fourth-order valence-corrected chi connectivity index (χ4v) is 4.49. The Bertz CT molecular complexity index is 762. The van der Waals surface area contributed by atoms with Gasteiger partial charge >= 0.3 is 0 Å². The smallest absolute Gasteiger partial charge is 0.241 e. The van der Waals surface area contributed by atoms with Crippen LogP contribution < -0.4 is 0 Å². The van der Waals surface area contributed by atoms with Gasteiger partial charge in [-0.3, -0.25) is 9.69 Å². The second kappa shape index (κ2) is 8.86. The number of piperidine rings is 1. The van der Waals surface area contributed by atoms with Crippen LogP contribution in [0, 0.1) is 5.92 Å². The number of hydrogen-bond acceptors (Lipinski definition) is 5. The molecule has 0 radical (unpaired) electrons. The summed E-state index contributed by atoms with van der Waals surface area (Å²) in [4.78, 5) is 21.8. The molecule has 2 aromatic rings. The molecule has 1 aromatic carbocycles. The third kappa shape index (κ3) is 4.43. The SMILES string of the molecule is CN(C(=O)C1CCN(Cc2nc(-c3ccccc3)no2)CC1)C1CCCCC1. The third-order valence-electron chi connectivity index (χ3n) is 6.27. The van der Waals surface area contributed by atoms with Gasteiger partial charge in [0.2, 0.25) is 17.6 Å². The van der Waals surface area contributed by atoms with E-state index >= 15 is 0 Å². The predicted octanol–water partition coefficient (Wildman–Crippen LogP) is 3.74. The average molecular weight is 383 g/mol. The van der Waals surface area contributed by atoms with E-state index in [4.69, 9.17) is 4.52 Å². The Morgan fingerprint density at radius 1 is 1.11 bits per heavy atom. The minimum absolute atomic E-state index is 0.158. The van der Waals surface area contributed by atoms with Crippen LogP contribution in [0.5, 0.6) is 0 Å². The maximum absolute atomic E-state index is 12.9. The quantitative estimate of drug-likeness (QED) is 0.788. The van der Waals surface area contributed by atoms with Gasteiger partial charge in [0.25, 0.3) is 0 Å². The van der Waals surface area contributed by atoms with E-state index in [1.807, 2.05) is 42.3 Å². The van der Waals surface area contributed by atoms with Crippen LogP contribution in [-0.2, 0) is 11.3 Å². The molecular weight excluding hydrogens is 352 g/mol. The Kier molecular flexibility index (Phi) is 6.05. The summed E-state index contributed by atoms with van der Waals surface area (Å²) in [6, 6.07) is 10.3. The number of benzene rings is 1. The Balaban J connectivity index is 1.27. The Morgan fingerprint density at radius 3 is 2.54 bits per heavy atom. The van der Waals surface area contributed by atoms with E-state index in [1.165, 1.54) is 32.1 Å². The van der Waals surface area contributed by atoms with Gasteiger partial charge in [-0.1, -0.05) is 54.8 Å². The summed E-state index contributed by atoms with van der Waals surface area (Å²) in [7, 11) is 2.01. The largest absolute Gasteiger partial charge is 0.343 e. The summed E-state index contributed by atoms with van der Waals surface area (Å²) in [6.45, 7) is 2.45. The van der Waals surface area contributed by atoms with E-state index < -0.39 is 0 Å². The fourth-order valence-electron chi connectivity index (χ4n) is 4.49. The highest BCUT2D eigenvalue weighted by Crippen LogP contribution is 2.26. The number of aromatic nitrogens is 2. The third-order valence-corrected chi connectivity index (χ3v) is 6.27. The van der Waals surface area contributed by atoms with E-state index in [9.17, 15) is 4.79 Å². The molecule has 1 aliphatic heterocycles. The van der Waals surface area contributed by atoms with Gasteiger partial charge in [0, 0.05) is 24.6 Å². The number of amides is 1. The lowest BCUT2D eigenvalue weighted by molar-refractivity contribution is -0.138. The van der Waals surface area contributed by atoms with Gasteiger partial charge in [0.1, 0.15) is 0 Å². The lowest BCUT2D eigenvalue weighted by Gasteiger charge is -2.36. The molecule has 150 valence electrons. The zero-order valence-electron chi connectivity index (χ0n) is 16.7. The number of likely N-dealkylation sites (tertiary alicyclic amines) is 1. The highest BCUT2D eigenvalue weighted by molar-refractivity contribution is 5.79. The van der Waals surface area contributed by atoms with Crippen LogP contribution in [0.4, 0.5) is 0 Å². The molecule has 6 heteroatoms. The first-order valence-corrected chi connectivity index (χ1v) is 10.6. The van der Waals surface area contributed by atoms with Crippen LogP contribution in [0.3, 0.4) is 0 Å². The summed E-state index contributed by atoms with van der Waals surface area (Å²) in [5.74, 6) is 1.78. The van der Waals surface area contributed by atoms with Crippen molar-refractivity contribution in [3.8, 4) is 11.4 Å². The van der Waals surface area contributed by atoms with E-state index in [-0.39, 0.29) is 5.92 Å². The molecule has 0 N–H and O–H groups in total. The molecule has 0 atom stereocenters. The number of hydrogen-bond donors (Lipinski definition) is 0. The first kappa shape index (κ1) is 19.1. The van der Waals surface area contributed by atoms with Crippen LogP contribution in [0.15, 0.2) is 34.9 Å². The second-order valence-corrected chi connectivity index (χ2v) is 8.17. The van der Waals surface area contributed by atoms with Gasteiger partial charge < -0.3 is 9.42 Å². The monoisotopic (exact) mass is 382 g/mol. The molecular formula is C22H30N4O2. The Labute approximate surface area is 166 Å². The number of carbonyl (C=O) groups excluding carboxylic acids is 1. The fraction of sp³-hybridized carbons (Fsp3) is 0.591. The van der Waals surface area contributed by atoms with Crippen molar-refractivity contribution >= 4 is 5.91 Å². The van der Waals surface area contributed by atoms with Crippen molar-refractivity contribution in [1.29, 1.82) is 0 Å². The molecule has 0 unspecified atom stereocenters. The number of rotatable bonds is 5. The Morgan fingerprint density at radius 2 is 1.82 bits per heavy atom. The van der Waals surface area contributed by atoms with Gasteiger partial charge in [-0.15, -0.1) is 0 Å². The van der Waals surface area contributed by atoms with Gasteiger partial charge in [0.05, 0.1) is 6.54 Å². The number of carbonyl (C=O) groups is 1. The molecule has 2 aliphatic rings. The molecule has 2 heterocycles. The van der Waals surface area contributed by atoms with Crippen molar-refractivity contribution < 1.29 is 9.32 Å². The molecule has 28 heavy (non-hydrogen) atoms. The molecule has 2 fully saturated rings. The predicted molar refractivity (Wildman–Crippen MR) is 107 cm³/mol. The highest BCUT2D eigenvalue weighted by atomic mass is 16.5. The second-order valence-electron chi connectivity index (χ2n) is 8.17. The molecule has 1 aliphatic carbocycles. The normalized spacial score (nSPS) is 19.6. The van der Waals surface area contributed by atoms with Crippen LogP contribution in [0.2, 0.25) is 0 Å². The maximum Gasteiger partial charge on any atom is 0.241 e. The van der Waals surface area contributed by atoms with Crippen LogP contribution >= 0.6 is 0 Å². The van der Waals surface area contributed by atoms with Crippen LogP contribution in [0.25, 0.3) is 11.4 Å². The summed E-state index contributed by atoms with van der Waals surface area (Å²) in [5, 5.41) is 4.10. The standard InChI is InChI=1S/C22H30N4O2/c1-25(19-10-6-3-7-11-19)22(27)18-12-14-26(15-13-18)16-20-23-21(24-28-20)17-8-4-2-5-9-17/h2,4-5,8-9,18-19H,3,6-7,10-16H2,1H3. The van der Waals surface area contributed by atoms with Crippen molar-refractivity contribution in [3.63, 3.8) is 0 Å². The summed E-state index contributed by atoms with van der Waals surface area (Å²) >= 11 is 0. The highest BCUT2D eigenvalue weighted by Gasteiger charge is 2.31.